The summed E-state index contributed by atoms with van der Waals surface area (Å²) in [5, 5.41) is 12.0. The SMILES string of the molecule is C[C@@H](NCCCCCC(=O)O)c1ccccc1Br. The maximum Gasteiger partial charge on any atom is 0.303 e. The summed E-state index contributed by atoms with van der Waals surface area (Å²) >= 11 is 3.54. The Labute approximate surface area is 117 Å². The number of carbonyl (C=O) groups is 1. The van der Waals surface area contributed by atoms with Crippen LogP contribution in [0.3, 0.4) is 0 Å². The van der Waals surface area contributed by atoms with E-state index in [1.165, 1.54) is 5.56 Å². The minimum Gasteiger partial charge on any atom is -0.481 e. The van der Waals surface area contributed by atoms with E-state index in [2.05, 4.69) is 34.2 Å². The lowest BCUT2D eigenvalue weighted by molar-refractivity contribution is -0.137. The van der Waals surface area contributed by atoms with Gasteiger partial charge in [0.1, 0.15) is 0 Å². The van der Waals surface area contributed by atoms with E-state index in [0.717, 1.165) is 30.3 Å². The van der Waals surface area contributed by atoms with Gasteiger partial charge in [0.15, 0.2) is 0 Å². The maximum atomic E-state index is 10.3. The van der Waals surface area contributed by atoms with Gasteiger partial charge in [-0.05, 0) is 37.9 Å². The maximum absolute atomic E-state index is 10.3. The summed E-state index contributed by atoms with van der Waals surface area (Å²) in [7, 11) is 0. The molecule has 0 fully saturated rings. The number of rotatable bonds is 8. The van der Waals surface area contributed by atoms with Gasteiger partial charge in [-0.1, -0.05) is 40.5 Å². The van der Waals surface area contributed by atoms with Gasteiger partial charge in [-0.3, -0.25) is 4.79 Å². The summed E-state index contributed by atoms with van der Waals surface area (Å²) in [6, 6.07) is 8.49. The fourth-order valence-electron chi connectivity index (χ4n) is 1.83. The van der Waals surface area contributed by atoms with Gasteiger partial charge in [0.25, 0.3) is 0 Å². The zero-order valence-corrected chi connectivity index (χ0v) is 12.2. The van der Waals surface area contributed by atoms with Crippen molar-refractivity contribution in [2.24, 2.45) is 0 Å². The molecule has 0 bridgehead atoms. The van der Waals surface area contributed by atoms with Crippen LogP contribution < -0.4 is 5.32 Å². The number of halogens is 1. The minimum absolute atomic E-state index is 0.278. The molecular weight excluding hydrogens is 294 g/mol. The van der Waals surface area contributed by atoms with E-state index in [0.29, 0.717) is 6.04 Å². The number of carboxylic acid groups (broad SMARTS) is 1. The molecule has 1 atom stereocenters. The van der Waals surface area contributed by atoms with Crippen LogP contribution in [0.4, 0.5) is 0 Å². The predicted octanol–water partition coefficient (Wildman–Crippen LogP) is 3.74. The quantitative estimate of drug-likeness (QED) is 0.719. The molecule has 4 heteroatoms. The van der Waals surface area contributed by atoms with Gasteiger partial charge in [-0.15, -0.1) is 0 Å². The number of benzene rings is 1. The Kier molecular flexibility index (Phi) is 6.98. The van der Waals surface area contributed by atoms with E-state index < -0.39 is 5.97 Å². The summed E-state index contributed by atoms with van der Waals surface area (Å²) < 4.78 is 1.12. The molecule has 0 amide bonds. The number of unbranched alkanes of at least 4 members (excludes halogenated alkanes) is 2. The van der Waals surface area contributed by atoms with Crippen LogP contribution in [0.2, 0.25) is 0 Å². The molecule has 3 nitrogen and oxygen atoms in total. The van der Waals surface area contributed by atoms with Crippen molar-refractivity contribution in [3.8, 4) is 0 Å². The first-order valence-electron chi connectivity index (χ1n) is 6.31. The molecule has 1 rings (SSSR count). The Hall–Kier alpha value is -0.870. The molecule has 100 valence electrons. The Balaban J connectivity index is 2.20. The Morgan fingerprint density at radius 1 is 1.33 bits per heavy atom. The van der Waals surface area contributed by atoms with Gasteiger partial charge < -0.3 is 10.4 Å². The van der Waals surface area contributed by atoms with E-state index in [-0.39, 0.29) is 6.42 Å². The minimum atomic E-state index is -0.704. The van der Waals surface area contributed by atoms with E-state index in [9.17, 15) is 4.79 Å². The van der Waals surface area contributed by atoms with Crippen molar-refractivity contribution in [1.29, 1.82) is 0 Å². The molecule has 0 aromatic heterocycles. The van der Waals surface area contributed by atoms with Crippen LogP contribution in [0.15, 0.2) is 28.7 Å². The molecule has 1 aromatic rings. The predicted molar refractivity (Wildman–Crippen MR) is 76.7 cm³/mol. The first-order valence-corrected chi connectivity index (χ1v) is 7.10. The fraction of sp³-hybridized carbons (Fsp3) is 0.500. The van der Waals surface area contributed by atoms with E-state index in [4.69, 9.17) is 5.11 Å². The van der Waals surface area contributed by atoms with Crippen LogP contribution in [0.1, 0.15) is 44.2 Å². The van der Waals surface area contributed by atoms with Crippen molar-refractivity contribution < 1.29 is 9.90 Å². The van der Waals surface area contributed by atoms with Gasteiger partial charge in [0, 0.05) is 16.9 Å². The van der Waals surface area contributed by atoms with Crippen LogP contribution in [0.5, 0.6) is 0 Å². The molecule has 0 spiro atoms. The third kappa shape index (κ3) is 5.65. The zero-order chi connectivity index (χ0) is 13.4. The highest BCUT2D eigenvalue weighted by atomic mass is 79.9. The molecule has 18 heavy (non-hydrogen) atoms. The van der Waals surface area contributed by atoms with Crippen LogP contribution in [0.25, 0.3) is 0 Å². The van der Waals surface area contributed by atoms with Crippen molar-refractivity contribution >= 4 is 21.9 Å². The van der Waals surface area contributed by atoms with Gasteiger partial charge in [0.05, 0.1) is 0 Å². The smallest absolute Gasteiger partial charge is 0.303 e. The molecular formula is C14H20BrNO2. The van der Waals surface area contributed by atoms with Crippen LogP contribution >= 0.6 is 15.9 Å². The largest absolute Gasteiger partial charge is 0.481 e. The highest BCUT2D eigenvalue weighted by Crippen LogP contribution is 2.22. The Morgan fingerprint density at radius 3 is 2.72 bits per heavy atom. The molecule has 1 aromatic carbocycles. The van der Waals surface area contributed by atoms with Gasteiger partial charge >= 0.3 is 5.97 Å². The van der Waals surface area contributed by atoms with Crippen LogP contribution in [-0.2, 0) is 4.79 Å². The molecule has 0 saturated carbocycles. The number of aliphatic carboxylic acids is 1. The van der Waals surface area contributed by atoms with E-state index in [1.807, 2.05) is 18.2 Å². The van der Waals surface area contributed by atoms with Crippen LogP contribution in [-0.4, -0.2) is 17.6 Å². The third-order valence-electron chi connectivity index (χ3n) is 2.89. The molecule has 0 saturated heterocycles. The summed E-state index contributed by atoms with van der Waals surface area (Å²) in [5.74, 6) is -0.704. The standard InChI is InChI=1S/C14H20BrNO2/c1-11(12-7-4-5-8-13(12)15)16-10-6-2-3-9-14(17)18/h4-5,7-8,11,16H,2-3,6,9-10H2,1H3,(H,17,18)/t11-/m1/s1. The number of hydrogen-bond acceptors (Lipinski definition) is 2. The second kappa shape index (κ2) is 8.27. The van der Waals surface area contributed by atoms with Crippen molar-refractivity contribution in [2.45, 2.75) is 38.6 Å². The highest BCUT2D eigenvalue weighted by Gasteiger charge is 2.07. The molecule has 0 radical (unpaired) electrons. The van der Waals surface area contributed by atoms with Crippen molar-refractivity contribution in [1.82, 2.24) is 5.32 Å². The normalized spacial score (nSPS) is 12.3. The average Bonchev–Trinajstić information content (AvgIpc) is 2.33. The number of carboxylic acids is 1. The summed E-state index contributed by atoms with van der Waals surface area (Å²) in [5.41, 5.74) is 1.25. The molecule has 0 aliphatic rings. The average molecular weight is 314 g/mol. The van der Waals surface area contributed by atoms with Crippen molar-refractivity contribution in [3.05, 3.63) is 34.3 Å². The lowest BCUT2D eigenvalue weighted by atomic mass is 10.1. The fourth-order valence-corrected chi connectivity index (χ4v) is 2.46. The molecule has 0 heterocycles. The van der Waals surface area contributed by atoms with Crippen molar-refractivity contribution in [2.75, 3.05) is 6.54 Å². The molecule has 0 unspecified atom stereocenters. The second-order valence-electron chi connectivity index (χ2n) is 4.40. The summed E-state index contributed by atoms with van der Waals surface area (Å²) in [6.45, 7) is 3.06. The van der Waals surface area contributed by atoms with Gasteiger partial charge in [-0.25, -0.2) is 0 Å². The zero-order valence-electron chi connectivity index (χ0n) is 10.7. The van der Waals surface area contributed by atoms with Crippen molar-refractivity contribution in [3.63, 3.8) is 0 Å². The number of hydrogen-bond donors (Lipinski definition) is 2. The topological polar surface area (TPSA) is 49.3 Å². The van der Waals surface area contributed by atoms with E-state index in [1.54, 1.807) is 0 Å². The lowest BCUT2D eigenvalue weighted by Gasteiger charge is -2.15. The monoisotopic (exact) mass is 313 g/mol. The second-order valence-corrected chi connectivity index (χ2v) is 5.26. The molecule has 0 aliphatic carbocycles. The first kappa shape index (κ1) is 15.2. The first-order chi connectivity index (χ1) is 8.61. The summed E-state index contributed by atoms with van der Waals surface area (Å²) in [6.07, 6.45) is 3.02. The van der Waals surface area contributed by atoms with Gasteiger partial charge in [0.2, 0.25) is 0 Å². The molecule has 0 aliphatic heterocycles. The lowest BCUT2D eigenvalue weighted by Crippen LogP contribution is -2.20. The Bertz CT molecular complexity index is 382. The van der Waals surface area contributed by atoms with Gasteiger partial charge in [-0.2, -0.15) is 0 Å². The highest BCUT2D eigenvalue weighted by molar-refractivity contribution is 9.10. The van der Waals surface area contributed by atoms with E-state index >= 15 is 0 Å². The van der Waals surface area contributed by atoms with Crippen LogP contribution in [0, 0.1) is 0 Å². The number of nitrogens with one attached hydrogen (secondary N) is 1. The molecule has 2 N–H and O–H groups in total. The Morgan fingerprint density at radius 2 is 2.06 bits per heavy atom. The third-order valence-corrected chi connectivity index (χ3v) is 3.61. The summed E-state index contributed by atoms with van der Waals surface area (Å²) in [4.78, 5) is 10.3.